The first-order valence-corrected chi connectivity index (χ1v) is 7.24. The molecule has 2 aromatic rings. The monoisotopic (exact) mass is 298 g/mol. The third-order valence-corrected chi connectivity index (χ3v) is 3.33. The van der Waals surface area contributed by atoms with Gasteiger partial charge in [-0.15, -0.1) is 11.3 Å². The van der Waals surface area contributed by atoms with E-state index in [-0.39, 0.29) is 11.6 Å². The highest BCUT2D eigenvalue weighted by Gasteiger charge is 2.15. The number of aromatic nitrogens is 2. The summed E-state index contributed by atoms with van der Waals surface area (Å²) in [6.07, 6.45) is 0.836. The first-order valence-electron chi connectivity index (χ1n) is 6.30. The smallest absolute Gasteiger partial charge is 0.168 e. The molecule has 0 aliphatic carbocycles. The van der Waals surface area contributed by atoms with E-state index in [0.29, 0.717) is 13.1 Å². The summed E-state index contributed by atoms with van der Waals surface area (Å²) in [5, 5.41) is 4.73. The molecule has 0 amide bonds. The molecule has 0 spiro atoms. The number of thiazole rings is 1. The molecule has 0 aliphatic heterocycles. The van der Waals surface area contributed by atoms with Crippen LogP contribution < -0.4 is 10.2 Å². The van der Waals surface area contributed by atoms with Crippen molar-refractivity contribution in [3.05, 3.63) is 34.3 Å². The SMILES string of the molecule is CCCNc1nc(N(C)Cc2cscn2)c(F)cc1F. The Bertz CT molecular complexity index is 560. The van der Waals surface area contributed by atoms with Crippen LogP contribution in [0.2, 0.25) is 0 Å². The average molecular weight is 298 g/mol. The zero-order valence-electron chi connectivity index (χ0n) is 11.4. The Labute approximate surface area is 120 Å². The van der Waals surface area contributed by atoms with Crippen LogP contribution >= 0.6 is 11.3 Å². The lowest BCUT2D eigenvalue weighted by molar-refractivity contribution is 0.572. The van der Waals surface area contributed by atoms with Gasteiger partial charge in [-0.3, -0.25) is 0 Å². The number of hydrogen-bond acceptors (Lipinski definition) is 5. The molecule has 0 aliphatic rings. The lowest BCUT2D eigenvalue weighted by Gasteiger charge is -2.19. The molecule has 0 aromatic carbocycles. The van der Waals surface area contributed by atoms with Gasteiger partial charge in [0.2, 0.25) is 0 Å². The Morgan fingerprint density at radius 1 is 1.35 bits per heavy atom. The normalized spacial score (nSPS) is 10.6. The van der Waals surface area contributed by atoms with Crippen LogP contribution in [0, 0.1) is 11.6 Å². The van der Waals surface area contributed by atoms with Gasteiger partial charge in [0, 0.05) is 25.0 Å². The standard InChI is InChI=1S/C13H16F2N4S/c1-3-4-16-12-10(14)5-11(15)13(18-12)19(2)6-9-7-20-8-17-9/h5,7-8H,3-4,6H2,1-2H3,(H,16,18). The molecule has 20 heavy (non-hydrogen) atoms. The second kappa shape index (κ2) is 6.60. The van der Waals surface area contributed by atoms with Crippen LogP contribution in [0.1, 0.15) is 19.0 Å². The van der Waals surface area contributed by atoms with E-state index in [2.05, 4.69) is 15.3 Å². The maximum absolute atomic E-state index is 13.8. The van der Waals surface area contributed by atoms with Crippen molar-refractivity contribution in [1.82, 2.24) is 9.97 Å². The highest BCUT2D eigenvalue weighted by Crippen LogP contribution is 2.22. The fourth-order valence-electron chi connectivity index (χ4n) is 1.73. The highest BCUT2D eigenvalue weighted by molar-refractivity contribution is 7.07. The van der Waals surface area contributed by atoms with Gasteiger partial charge in [0.1, 0.15) is 0 Å². The van der Waals surface area contributed by atoms with E-state index in [0.717, 1.165) is 18.2 Å². The van der Waals surface area contributed by atoms with Crippen molar-refractivity contribution in [3.63, 3.8) is 0 Å². The second-order valence-corrected chi connectivity index (χ2v) is 5.11. The fourth-order valence-corrected chi connectivity index (χ4v) is 2.28. The summed E-state index contributed by atoms with van der Waals surface area (Å²) in [6.45, 7) is 2.97. The van der Waals surface area contributed by atoms with Crippen LogP contribution in [0.3, 0.4) is 0 Å². The summed E-state index contributed by atoms with van der Waals surface area (Å²) < 4.78 is 27.4. The van der Waals surface area contributed by atoms with Crippen molar-refractivity contribution in [2.75, 3.05) is 23.8 Å². The van der Waals surface area contributed by atoms with E-state index in [4.69, 9.17) is 0 Å². The third kappa shape index (κ3) is 3.41. The van der Waals surface area contributed by atoms with Crippen molar-refractivity contribution < 1.29 is 8.78 Å². The minimum absolute atomic E-state index is 0.0772. The predicted molar refractivity (Wildman–Crippen MR) is 77.2 cm³/mol. The largest absolute Gasteiger partial charge is 0.368 e. The molecule has 0 fully saturated rings. The first kappa shape index (κ1) is 14.6. The molecule has 0 bridgehead atoms. The van der Waals surface area contributed by atoms with E-state index in [9.17, 15) is 8.78 Å². The molecule has 0 saturated carbocycles. The van der Waals surface area contributed by atoms with Gasteiger partial charge in [0.15, 0.2) is 23.3 Å². The number of nitrogens with zero attached hydrogens (tertiary/aromatic N) is 3. The molecule has 108 valence electrons. The summed E-state index contributed by atoms with van der Waals surface area (Å²) >= 11 is 1.47. The third-order valence-electron chi connectivity index (χ3n) is 2.70. The van der Waals surface area contributed by atoms with E-state index < -0.39 is 11.6 Å². The van der Waals surface area contributed by atoms with Crippen LogP contribution in [-0.2, 0) is 6.54 Å². The van der Waals surface area contributed by atoms with Crippen molar-refractivity contribution >= 4 is 23.0 Å². The number of rotatable bonds is 6. The van der Waals surface area contributed by atoms with Crippen LogP contribution in [0.5, 0.6) is 0 Å². The number of pyridine rings is 1. The van der Waals surface area contributed by atoms with Gasteiger partial charge in [-0.25, -0.2) is 18.7 Å². The Hall–Kier alpha value is -1.76. The number of halogens is 2. The molecule has 0 radical (unpaired) electrons. The maximum atomic E-state index is 13.8. The number of nitrogens with one attached hydrogen (secondary N) is 1. The van der Waals surface area contributed by atoms with Crippen LogP contribution in [0.15, 0.2) is 17.0 Å². The topological polar surface area (TPSA) is 41.1 Å². The number of anilines is 2. The van der Waals surface area contributed by atoms with E-state index in [1.54, 1.807) is 17.5 Å². The Morgan fingerprint density at radius 3 is 2.80 bits per heavy atom. The summed E-state index contributed by atoms with van der Waals surface area (Å²) in [6, 6.07) is 0.859. The van der Waals surface area contributed by atoms with Gasteiger partial charge in [-0.1, -0.05) is 6.92 Å². The maximum Gasteiger partial charge on any atom is 0.168 e. The molecule has 0 saturated heterocycles. The van der Waals surface area contributed by atoms with Gasteiger partial charge in [0.25, 0.3) is 0 Å². The van der Waals surface area contributed by atoms with E-state index >= 15 is 0 Å². The van der Waals surface area contributed by atoms with Crippen molar-refractivity contribution in [3.8, 4) is 0 Å². The van der Waals surface area contributed by atoms with Crippen LogP contribution in [-0.4, -0.2) is 23.6 Å². The van der Waals surface area contributed by atoms with E-state index in [1.165, 1.54) is 11.3 Å². The fraction of sp³-hybridized carbons (Fsp3) is 0.385. The molecule has 2 heterocycles. The van der Waals surface area contributed by atoms with Gasteiger partial charge >= 0.3 is 0 Å². The molecule has 2 aromatic heterocycles. The zero-order valence-corrected chi connectivity index (χ0v) is 12.2. The van der Waals surface area contributed by atoms with Gasteiger partial charge < -0.3 is 10.2 Å². The van der Waals surface area contributed by atoms with Crippen molar-refractivity contribution in [2.45, 2.75) is 19.9 Å². The lowest BCUT2D eigenvalue weighted by atomic mass is 10.3. The molecule has 7 heteroatoms. The van der Waals surface area contributed by atoms with Crippen molar-refractivity contribution in [2.24, 2.45) is 0 Å². The van der Waals surface area contributed by atoms with E-state index in [1.807, 2.05) is 12.3 Å². The molecular formula is C13H16F2N4S. The van der Waals surface area contributed by atoms with Gasteiger partial charge in [-0.05, 0) is 6.42 Å². The summed E-state index contributed by atoms with van der Waals surface area (Å²) in [5.41, 5.74) is 2.54. The minimum Gasteiger partial charge on any atom is -0.368 e. The zero-order chi connectivity index (χ0) is 14.5. The lowest BCUT2D eigenvalue weighted by Crippen LogP contribution is -2.20. The molecule has 0 unspecified atom stereocenters. The van der Waals surface area contributed by atoms with Crippen LogP contribution in [0.25, 0.3) is 0 Å². The van der Waals surface area contributed by atoms with Gasteiger partial charge in [0.05, 0.1) is 17.7 Å². The average Bonchev–Trinajstić information content (AvgIpc) is 2.90. The van der Waals surface area contributed by atoms with Crippen LogP contribution in [0.4, 0.5) is 20.4 Å². The van der Waals surface area contributed by atoms with Crippen molar-refractivity contribution in [1.29, 1.82) is 0 Å². The molecule has 0 atom stereocenters. The molecule has 1 N–H and O–H groups in total. The summed E-state index contributed by atoms with van der Waals surface area (Å²) in [7, 11) is 1.70. The second-order valence-electron chi connectivity index (χ2n) is 4.39. The molecule has 4 nitrogen and oxygen atoms in total. The van der Waals surface area contributed by atoms with Gasteiger partial charge in [-0.2, -0.15) is 0 Å². The molecular weight excluding hydrogens is 282 g/mol. The Kier molecular flexibility index (Phi) is 4.84. The molecule has 2 rings (SSSR count). The quantitative estimate of drug-likeness (QED) is 0.888. The summed E-state index contributed by atoms with van der Waals surface area (Å²) in [4.78, 5) is 9.78. The predicted octanol–water partition coefficient (Wildman–Crippen LogP) is 3.27. The first-order chi connectivity index (χ1) is 9.61. The Morgan fingerprint density at radius 2 is 2.15 bits per heavy atom. The minimum atomic E-state index is -0.679. The number of hydrogen-bond donors (Lipinski definition) is 1. The summed E-state index contributed by atoms with van der Waals surface area (Å²) in [5.74, 6) is -1.17. The Balaban J connectivity index is 2.21. The highest BCUT2D eigenvalue weighted by atomic mass is 32.1.